The van der Waals surface area contributed by atoms with E-state index in [0.29, 0.717) is 0 Å². The largest absolute Gasteiger partial charge is 0.207 e. The molecule has 2 aromatic carbocycles. The summed E-state index contributed by atoms with van der Waals surface area (Å²) in [5.74, 6) is -0.174. The summed E-state index contributed by atoms with van der Waals surface area (Å²) in [6.45, 7) is 0. The second kappa shape index (κ2) is 4.33. The fraction of sp³-hybridized carbons (Fsp3) is 0.250. The molecule has 0 saturated heterocycles. The van der Waals surface area contributed by atoms with Crippen molar-refractivity contribution in [3.8, 4) is 11.1 Å². The number of fused-ring (bicyclic) bond motifs is 1. The summed E-state index contributed by atoms with van der Waals surface area (Å²) in [5.41, 5.74) is 5.26. The molecular formula is C16H15F. The predicted molar refractivity (Wildman–Crippen MR) is 68.5 cm³/mol. The molecule has 0 unspecified atom stereocenters. The van der Waals surface area contributed by atoms with Crippen molar-refractivity contribution in [2.24, 2.45) is 0 Å². The van der Waals surface area contributed by atoms with E-state index in [1.165, 1.54) is 54.5 Å². The van der Waals surface area contributed by atoms with Crippen LogP contribution < -0.4 is 0 Å². The van der Waals surface area contributed by atoms with Crippen molar-refractivity contribution in [2.45, 2.75) is 25.7 Å². The summed E-state index contributed by atoms with van der Waals surface area (Å²) in [5, 5.41) is 0. The third kappa shape index (κ3) is 2.10. The molecule has 0 saturated carbocycles. The third-order valence-corrected chi connectivity index (χ3v) is 3.53. The summed E-state index contributed by atoms with van der Waals surface area (Å²) in [6, 6.07) is 13.4. The predicted octanol–water partition coefficient (Wildman–Crippen LogP) is 4.37. The molecule has 0 fully saturated rings. The van der Waals surface area contributed by atoms with Gasteiger partial charge in [0.2, 0.25) is 0 Å². The van der Waals surface area contributed by atoms with Crippen molar-refractivity contribution in [1.82, 2.24) is 0 Å². The molecule has 1 heteroatoms. The minimum Gasteiger partial charge on any atom is -0.207 e. The van der Waals surface area contributed by atoms with E-state index in [9.17, 15) is 4.39 Å². The van der Waals surface area contributed by atoms with Crippen LogP contribution >= 0.6 is 0 Å². The van der Waals surface area contributed by atoms with Gasteiger partial charge in [0.25, 0.3) is 0 Å². The first-order valence-corrected chi connectivity index (χ1v) is 6.21. The molecule has 1 aliphatic carbocycles. The lowest BCUT2D eigenvalue weighted by Gasteiger charge is -2.16. The topological polar surface area (TPSA) is 0 Å². The van der Waals surface area contributed by atoms with Gasteiger partial charge in [0.15, 0.2) is 0 Å². The maximum absolute atomic E-state index is 12.9. The molecule has 17 heavy (non-hydrogen) atoms. The Balaban J connectivity index is 2.01. The minimum atomic E-state index is -0.174. The lowest BCUT2D eigenvalue weighted by atomic mass is 9.89. The zero-order chi connectivity index (χ0) is 11.7. The Morgan fingerprint density at radius 3 is 2.12 bits per heavy atom. The van der Waals surface area contributed by atoms with Crippen LogP contribution in [0.4, 0.5) is 4.39 Å². The third-order valence-electron chi connectivity index (χ3n) is 3.53. The fourth-order valence-corrected chi connectivity index (χ4v) is 2.56. The van der Waals surface area contributed by atoms with Gasteiger partial charge < -0.3 is 0 Å². The highest BCUT2D eigenvalue weighted by Crippen LogP contribution is 2.27. The minimum absolute atomic E-state index is 0.174. The molecule has 0 atom stereocenters. The monoisotopic (exact) mass is 226 g/mol. The lowest BCUT2D eigenvalue weighted by molar-refractivity contribution is 0.628. The van der Waals surface area contributed by atoms with Gasteiger partial charge in [-0.2, -0.15) is 0 Å². The maximum atomic E-state index is 12.9. The van der Waals surface area contributed by atoms with Crippen LogP contribution in [0.25, 0.3) is 11.1 Å². The molecular weight excluding hydrogens is 211 g/mol. The highest BCUT2D eigenvalue weighted by Gasteiger charge is 2.09. The molecule has 2 aromatic rings. The van der Waals surface area contributed by atoms with Crippen molar-refractivity contribution < 1.29 is 4.39 Å². The maximum Gasteiger partial charge on any atom is 0.123 e. The molecule has 0 amide bonds. The first kappa shape index (κ1) is 10.5. The van der Waals surface area contributed by atoms with Gasteiger partial charge in [0.1, 0.15) is 5.82 Å². The quantitative estimate of drug-likeness (QED) is 0.677. The molecule has 0 radical (unpaired) electrons. The van der Waals surface area contributed by atoms with E-state index in [0.717, 1.165) is 5.56 Å². The molecule has 0 heterocycles. The van der Waals surface area contributed by atoms with E-state index in [1.807, 2.05) is 12.1 Å². The summed E-state index contributed by atoms with van der Waals surface area (Å²) in [4.78, 5) is 0. The molecule has 1 aliphatic rings. The summed E-state index contributed by atoms with van der Waals surface area (Å²) >= 11 is 0. The van der Waals surface area contributed by atoms with Crippen molar-refractivity contribution in [3.63, 3.8) is 0 Å². The molecule has 0 aromatic heterocycles. The van der Waals surface area contributed by atoms with Crippen molar-refractivity contribution in [2.75, 3.05) is 0 Å². The molecule has 0 spiro atoms. The summed E-state index contributed by atoms with van der Waals surface area (Å²) < 4.78 is 12.9. The van der Waals surface area contributed by atoms with Crippen LogP contribution in [0.5, 0.6) is 0 Å². The van der Waals surface area contributed by atoms with Gasteiger partial charge >= 0.3 is 0 Å². The van der Waals surface area contributed by atoms with Crippen LogP contribution in [0.15, 0.2) is 42.5 Å². The first-order valence-electron chi connectivity index (χ1n) is 6.21. The number of halogens is 1. The average Bonchev–Trinajstić information content (AvgIpc) is 2.39. The molecule has 0 N–H and O–H groups in total. The van der Waals surface area contributed by atoms with Gasteiger partial charge in [-0.1, -0.05) is 30.3 Å². The standard InChI is InChI=1S/C16H15F/c17-16-9-7-13(8-10-16)15-6-5-12-3-1-2-4-14(12)11-15/h5-11H,1-4H2. The zero-order valence-corrected chi connectivity index (χ0v) is 9.75. The van der Waals surface area contributed by atoms with Gasteiger partial charge in [0, 0.05) is 0 Å². The molecule has 0 bridgehead atoms. The SMILES string of the molecule is Fc1ccc(-c2ccc3c(c2)CCCC3)cc1. The van der Waals surface area contributed by atoms with Crippen molar-refractivity contribution >= 4 is 0 Å². The van der Waals surface area contributed by atoms with Gasteiger partial charge in [-0.15, -0.1) is 0 Å². The summed E-state index contributed by atoms with van der Waals surface area (Å²) in [7, 11) is 0. The van der Waals surface area contributed by atoms with E-state index in [-0.39, 0.29) is 5.82 Å². The number of rotatable bonds is 1. The number of hydrogen-bond acceptors (Lipinski definition) is 0. The van der Waals surface area contributed by atoms with Gasteiger partial charge in [-0.25, -0.2) is 4.39 Å². The second-order valence-electron chi connectivity index (χ2n) is 4.70. The van der Waals surface area contributed by atoms with E-state index in [2.05, 4.69) is 18.2 Å². The fourth-order valence-electron chi connectivity index (χ4n) is 2.56. The van der Waals surface area contributed by atoms with Crippen LogP contribution in [-0.4, -0.2) is 0 Å². The molecule has 0 aliphatic heterocycles. The Labute approximate surface area is 101 Å². The molecule has 3 rings (SSSR count). The highest BCUT2D eigenvalue weighted by molar-refractivity contribution is 5.65. The van der Waals surface area contributed by atoms with Crippen LogP contribution in [0, 0.1) is 5.82 Å². The van der Waals surface area contributed by atoms with Gasteiger partial charge in [0.05, 0.1) is 0 Å². The van der Waals surface area contributed by atoms with Crippen molar-refractivity contribution in [3.05, 3.63) is 59.4 Å². The highest BCUT2D eigenvalue weighted by atomic mass is 19.1. The number of benzene rings is 2. The van der Waals surface area contributed by atoms with Crippen molar-refractivity contribution in [1.29, 1.82) is 0 Å². The van der Waals surface area contributed by atoms with Gasteiger partial charge in [-0.05, 0) is 60.1 Å². The first-order chi connectivity index (χ1) is 8.33. The lowest BCUT2D eigenvalue weighted by Crippen LogP contribution is -2.02. The normalized spacial score (nSPS) is 14.4. The molecule has 0 nitrogen and oxygen atoms in total. The number of aryl methyl sites for hydroxylation is 2. The Morgan fingerprint density at radius 2 is 1.35 bits per heavy atom. The van der Waals surface area contributed by atoms with Crippen LogP contribution in [0.2, 0.25) is 0 Å². The van der Waals surface area contributed by atoms with E-state index in [4.69, 9.17) is 0 Å². The van der Waals surface area contributed by atoms with Crippen LogP contribution in [-0.2, 0) is 12.8 Å². The molecule has 86 valence electrons. The zero-order valence-electron chi connectivity index (χ0n) is 9.75. The Hall–Kier alpha value is -1.63. The Bertz CT molecular complexity index is 526. The Morgan fingerprint density at radius 1 is 0.706 bits per heavy atom. The van der Waals surface area contributed by atoms with Crippen LogP contribution in [0.1, 0.15) is 24.0 Å². The summed E-state index contributed by atoms with van der Waals surface area (Å²) in [6.07, 6.45) is 4.99. The van der Waals surface area contributed by atoms with E-state index in [1.54, 1.807) is 0 Å². The van der Waals surface area contributed by atoms with Gasteiger partial charge in [-0.3, -0.25) is 0 Å². The second-order valence-corrected chi connectivity index (χ2v) is 4.70. The average molecular weight is 226 g/mol. The van der Waals surface area contributed by atoms with E-state index >= 15 is 0 Å². The van der Waals surface area contributed by atoms with E-state index < -0.39 is 0 Å². The number of hydrogen-bond donors (Lipinski definition) is 0. The smallest absolute Gasteiger partial charge is 0.123 e. The van der Waals surface area contributed by atoms with Crippen LogP contribution in [0.3, 0.4) is 0 Å². The Kier molecular flexibility index (Phi) is 2.68.